The monoisotopic (exact) mass is 339 g/mol. The summed E-state index contributed by atoms with van der Waals surface area (Å²) >= 11 is 5.20. The van der Waals surface area contributed by atoms with Crippen LogP contribution in [0.15, 0.2) is 11.0 Å². The van der Waals surface area contributed by atoms with Crippen molar-refractivity contribution in [2.75, 3.05) is 6.61 Å². The molecule has 23 heavy (non-hydrogen) atoms. The Labute approximate surface area is 136 Å². The normalized spacial score (nSPS) is 27.7. The molecule has 0 bridgehead atoms. The highest BCUT2D eigenvalue weighted by Crippen LogP contribution is 2.29. The van der Waals surface area contributed by atoms with Gasteiger partial charge in [-0.05, 0) is 26.1 Å². The van der Waals surface area contributed by atoms with Crippen LogP contribution in [-0.2, 0) is 4.74 Å². The van der Waals surface area contributed by atoms with Crippen LogP contribution in [0.1, 0.15) is 17.5 Å². The van der Waals surface area contributed by atoms with Gasteiger partial charge in [0.05, 0.1) is 12.0 Å². The van der Waals surface area contributed by atoms with Gasteiger partial charge in [0, 0.05) is 17.5 Å². The molecule has 2 aromatic heterocycles. The molecule has 0 saturated carbocycles. The van der Waals surface area contributed by atoms with Crippen molar-refractivity contribution in [3.63, 3.8) is 0 Å². The number of pyridine rings is 1. The van der Waals surface area contributed by atoms with E-state index in [2.05, 4.69) is 9.97 Å². The SMILES string of the molecule is Cc1[nH]c2nc(=S)n([C@@H]3O[C@H](CO)C(O)[C@@H]3O)cc2c(=O)c1C. The van der Waals surface area contributed by atoms with Crippen molar-refractivity contribution in [3.8, 4) is 0 Å². The third kappa shape index (κ3) is 2.50. The number of nitrogens with zero attached hydrogens (tertiary/aromatic N) is 2. The third-order valence-corrected chi connectivity index (χ3v) is 4.50. The van der Waals surface area contributed by atoms with Crippen LogP contribution in [-0.4, -0.2) is 54.8 Å². The Morgan fingerprint density at radius 2 is 2.09 bits per heavy atom. The molecule has 0 aliphatic carbocycles. The van der Waals surface area contributed by atoms with Crippen molar-refractivity contribution in [1.29, 1.82) is 0 Å². The number of nitrogens with one attached hydrogen (secondary N) is 1. The van der Waals surface area contributed by atoms with Gasteiger partial charge in [0.15, 0.2) is 11.7 Å². The number of hydrogen-bond acceptors (Lipinski definition) is 7. The summed E-state index contributed by atoms with van der Waals surface area (Å²) in [6, 6.07) is 0. The van der Waals surface area contributed by atoms with Crippen LogP contribution >= 0.6 is 12.2 Å². The van der Waals surface area contributed by atoms with Crippen LogP contribution in [0.3, 0.4) is 0 Å². The molecule has 0 amide bonds. The van der Waals surface area contributed by atoms with Crippen LogP contribution in [0.25, 0.3) is 11.0 Å². The molecule has 0 aromatic carbocycles. The van der Waals surface area contributed by atoms with E-state index in [1.165, 1.54) is 10.8 Å². The molecule has 0 radical (unpaired) electrons. The zero-order chi connectivity index (χ0) is 16.9. The Bertz CT molecular complexity index is 877. The predicted molar refractivity (Wildman–Crippen MR) is 83.7 cm³/mol. The van der Waals surface area contributed by atoms with Gasteiger partial charge in [-0.15, -0.1) is 0 Å². The standard InChI is InChI=1S/C14H17N3O5S/c1-5-6(2)15-12-7(9(5)19)3-17(14(23)16-12)13-11(21)10(20)8(4-18)22-13/h3,8,10-11,13,18,20-21H,4H2,1-2H3,(H,15,16,23)/t8-,10?,11+,13-/m1/s1. The molecule has 2 aromatic rings. The fourth-order valence-corrected chi connectivity index (χ4v) is 2.91. The Morgan fingerprint density at radius 1 is 1.39 bits per heavy atom. The number of aromatic nitrogens is 3. The van der Waals surface area contributed by atoms with E-state index in [9.17, 15) is 15.0 Å². The van der Waals surface area contributed by atoms with Crippen LogP contribution in [0, 0.1) is 18.6 Å². The van der Waals surface area contributed by atoms with E-state index in [1.54, 1.807) is 13.8 Å². The summed E-state index contributed by atoms with van der Waals surface area (Å²) in [6.07, 6.45) is -3.03. The number of rotatable bonds is 2. The highest BCUT2D eigenvalue weighted by Gasteiger charge is 2.43. The maximum atomic E-state index is 12.4. The summed E-state index contributed by atoms with van der Waals surface area (Å²) in [7, 11) is 0. The second-order valence-corrected chi connectivity index (χ2v) is 5.99. The lowest BCUT2D eigenvalue weighted by molar-refractivity contribution is -0.0538. The molecular weight excluding hydrogens is 322 g/mol. The molecule has 0 spiro atoms. The molecule has 124 valence electrons. The maximum absolute atomic E-state index is 12.4. The highest BCUT2D eigenvalue weighted by molar-refractivity contribution is 7.71. The van der Waals surface area contributed by atoms with E-state index in [0.29, 0.717) is 22.3 Å². The molecule has 1 aliphatic heterocycles. The van der Waals surface area contributed by atoms with Gasteiger partial charge in [-0.1, -0.05) is 0 Å². The first kappa shape index (κ1) is 16.2. The number of ether oxygens (including phenoxy) is 1. The first-order valence-corrected chi connectivity index (χ1v) is 7.50. The molecule has 1 unspecified atom stereocenters. The van der Waals surface area contributed by atoms with Crippen LogP contribution in [0.4, 0.5) is 0 Å². The molecule has 1 saturated heterocycles. The van der Waals surface area contributed by atoms with Gasteiger partial charge in [-0.3, -0.25) is 9.36 Å². The van der Waals surface area contributed by atoms with Crippen molar-refractivity contribution < 1.29 is 20.1 Å². The average Bonchev–Trinajstić information content (AvgIpc) is 2.80. The lowest BCUT2D eigenvalue weighted by Crippen LogP contribution is -2.33. The molecule has 4 atom stereocenters. The van der Waals surface area contributed by atoms with Gasteiger partial charge in [0.25, 0.3) is 0 Å². The molecule has 1 fully saturated rings. The predicted octanol–water partition coefficient (Wildman–Crippen LogP) is -0.318. The zero-order valence-electron chi connectivity index (χ0n) is 12.6. The first-order valence-electron chi connectivity index (χ1n) is 7.10. The van der Waals surface area contributed by atoms with Crippen molar-refractivity contribution in [2.45, 2.75) is 38.4 Å². The fraction of sp³-hybridized carbons (Fsp3) is 0.500. The number of aliphatic hydroxyl groups is 3. The summed E-state index contributed by atoms with van der Waals surface area (Å²) in [5.41, 5.74) is 1.42. The van der Waals surface area contributed by atoms with Gasteiger partial charge < -0.3 is 25.0 Å². The number of H-pyrrole nitrogens is 1. The second-order valence-electron chi connectivity index (χ2n) is 5.63. The number of hydrogen-bond donors (Lipinski definition) is 4. The smallest absolute Gasteiger partial charge is 0.203 e. The van der Waals surface area contributed by atoms with Crippen molar-refractivity contribution in [3.05, 3.63) is 32.4 Å². The first-order chi connectivity index (χ1) is 10.8. The van der Waals surface area contributed by atoms with E-state index in [0.717, 1.165) is 0 Å². The lowest BCUT2D eigenvalue weighted by atomic mass is 10.1. The largest absolute Gasteiger partial charge is 0.394 e. The summed E-state index contributed by atoms with van der Waals surface area (Å²) in [6.45, 7) is 3.03. The number of aromatic amines is 1. The highest BCUT2D eigenvalue weighted by atomic mass is 32.1. The minimum atomic E-state index is -1.29. The van der Waals surface area contributed by atoms with E-state index in [-0.39, 0.29) is 10.2 Å². The van der Waals surface area contributed by atoms with Gasteiger partial charge >= 0.3 is 0 Å². The maximum Gasteiger partial charge on any atom is 0.203 e. The van der Waals surface area contributed by atoms with Crippen LogP contribution in [0.5, 0.6) is 0 Å². The van der Waals surface area contributed by atoms with Crippen LogP contribution in [0.2, 0.25) is 0 Å². The minimum absolute atomic E-state index is 0.0891. The van der Waals surface area contributed by atoms with Gasteiger partial charge in [-0.2, -0.15) is 0 Å². The van der Waals surface area contributed by atoms with E-state index in [1.807, 2.05) is 0 Å². The zero-order valence-corrected chi connectivity index (χ0v) is 13.4. The number of aliphatic hydroxyl groups excluding tert-OH is 3. The Morgan fingerprint density at radius 3 is 2.70 bits per heavy atom. The molecule has 3 rings (SSSR count). The number of aryl methyl sites for hydroxylation is 1. The van der Waals surface area contributed by atoms with Gasteiger partial charge in [0.2, 0.25) is 4.77 Å². The molecule has 8 nitrogen and oxygen atoms in total. The molecule has 4 N–H and O–H groups in total. The van der Waals surface area contributed by atoms with E-state index in [4.69, 9.17) is 22.1 Å². The molecule has 3 heterocycles. The Hall–Kier alpha value is -1.65. The minimum Gasteiger partial charge on any atom is -0.394 e. The van der Waals surface area contributed by atoms with E-state index < -0.39 is 31.1 Å². The quantitative estimate of drug-likeness (QED) is 0.554. The van der Waals surface area contributed by atoms with Crippen molar-refractivity contribution in [1.82, 2.24) is 14.5 Å². The summed E-state index contributed by atoms with van der Waals surface area (Å²) in [5, 5.41) is 29.4. The molecule has 1 aliphatic rings. The van der Waals surface area contributed by atoms with Gasteiger partial charge in [-0.25, -0.2) is 4.98 Å². The lowest BCUT2D eigenvalue weighted by Gasteiger charge is -2.18. The second kappa shape index (κ2) is 5.77. The third-order valence-electron chi connectivity index (χ3n) is 4.20. The summed E-state index contributed by atoms with van der Waals surface area (Å²) < 4.78 is 6.85. The average molecular weight is 339 g/mol. The van der Waals surface area contributed by atoms with E-state index >= 15 is 0 Å². The Balaban J connectivity index is 2.18. The van der Waals surface area contributed by atoms with Gasteiger partial charge in [0.1, 0.15) is 24.0 Å². The molecule has 9 heteroatoms. The number of fused-ring (bicyclic) bond motifs is 1. The topological polar surface area (TPSA) is 121 Å². The Kier molecular flexibility index (Phi) is 4.07. The fourth-order valence-electron chi connectivity index (χ4n) is 2.67. The van der Waals surface area contributed by atoms with Crippen molar-refractivity contribution in [2.24, 2.45) is 0 Å². The van der Waals surface area contributed by atoms with Crippen LogP contribution < -0.4 is 5.43 Å². The van der Waals surface area contributed by atoms with Crippen molar-refractivity contribution >= 4 is 23.3 Å². The summed E-state index contributed by atoms with van der Waals surface area (Å²) in [5.74, 6) is 0. The summed E-state index contributed by atoms with van der Waals surface area (Å²) in [4.78, 5) is 19.6. The molecular formula is C14H17N3O5S.